The Balaban J connectivity index is 1.75. The second-order valence-electron chi connectivity index (χ2n) is 6.51. The smallest absolute Gasteiger partial charge is 0.0169 e. The Labute approximate surface area is 101 Å². The first-order chi connectivity index (χ1) is 7.58. The van der Waals surface area contributed by atoms with Crippen molar-refractivity contribution in [2.45, 2.75) is 65.0 Å². The van der Waals surface area contributed by atoms with Gasteiger partial charge in [0.05, 0.1) is 0 Å². The summed E-state index contributed by atoms with van der Waals surface area (Å²) in [4.78, 5) is 2.61. The molecule has 0 aromatic heterocycles. The third kappa shape index (κ3) is 2.98. The van der Waals surface area contributed by atoms with Crippen LogP contribution in [0.2, 0.25) is 0 Å². The molecule has 1 saturated heterocycles. The molecule has 2 unspecified atom stereocenters. The summed E-state index contributed by atoms with van der Waals surface area (Å²) in [7, 11) is 0. The molecule has 2 aliphatic rings. The average molecular weight is 224 g/mol. The van der Waals surface area contributed by atoms with E-state index in [0.29, 0.717) is 11.5 Å². The molecule has 1 saturated carbocycles. The minimum absolute atomic E-state index is 0.513. The maximum absolute atomic E-state index is 3.85. The van der Waals surface area contributed by atoms with Crippen molar-refractivity contribution in [2.24, 2.45) is 5.41 Å². The third-order valence-corrected chi connectivity index (χ3v) is 4.47. The molecule has 0 amide bonds. The van der Waals surface area contributed by atoms with Crippen molar-refractivity contribution in [3.63, 3.8) is 0 Å². The monoisotopic (exact) mass is 224 g/mol. The number of hydrogen-bond donors (Lipinski definition) is 1. The van der Waals surface area contributed by atoms with Crippen molar-refractivity contribution in [3.8, 4) is 0 Å². The van der Waals surface area contributed by atoms with E-state index in [9.17, 15) is 0 Å². The fourth-order valence-electron chi connectivity index (χ4n) is 3.38. The topological polar surface area (TPSA) is 15.3 Å². The quantitative estimate of drug-likeness (QED) is 0.790. The number of rotatable bonds is 4. The number of nitrogens with zero attached hydrogens (tertiary/aromatic N) is 1. The van der Waals surface area contributed by atoms with Crippen LogP contribution in [0.25, 0.3) is 0 Å². The lowest BCUT2D eigenvalue weighted by atomic mass is 9.87. The lowest BCUT2D eigenvalue weighted by Gasteiger charge is -2.32. The molecule has 1 N–H and O–H groups in total. The number of likely N-dealkylation sites (tertiary alicyclic amines) is 1. The van der Waals surface area contributed by atoms with E-state index >= 15 is 0 Å². The van der Waals surface area contributed by atoms with Gasteiger partial charge in [-0.15, -0.1) is 0 Å². The molecule has 0 aromatic carbocycles. The van der Waals surface area contributed by atoms with Gasteiger partial charge in [-0.3, -0.25) is 0 Å². The fourth-order valence-corrected chi connectivity index (χ4v) is 3.38. The van der Waals surface area contributed by atoms with Crippen molar-refractivity contribution in [3.05, 3.63) is 0 Å². The highest BCUT2D eigenvalue weighted by atomic mass is 15.2. The van der Waals surface area contributed by atoms with Crippen LogP contribution in [0, 0.1) is 5.41 Å². The minimum Gasteiger partial charge on any atom is -0.310 e. The first kappa shape index (κ1) is 12.4. The second-order valence-corrected chi connectivity index (χ2v) is 6.51. The van der Waals surface area contributed by atoms with Gasteiger partial charge in [0, 0.05) is 18.6 Å². The molecule has 16 heavy (non-hydrogen) atoms. The molecule has 0 aromatic rings. The predicted molar refractivity (Wildman–Crippen MR) is 69.7 cm³/mol. The van der Waals surface area contributed by atoms with Crippen molar-refractivity contribution in [1.29, 1.82) is 0 Å². The van der Waals surface area contributed by atoms with Gasteiger partial charge in [0.2, 0.25) is 0 Å². The van der Waals surface area contributed by atoms with E-state index in [4.69, 9.17) is 0 Å². The molecule has 94 valence electrons. The Morgan fingerprint density at radius 3 is 2.50 bits per heavy atom. The predicted octanol–water partition coefficient (Wildman–Crippen LogP) is 2.64. The molecule has 0 bridgehead atoms. The first-order valence-electron chi connectivity index (χ1n) is 7.06. The van der Waals surface area contributed by atoms with E-state index in [1.54, 1.807) is 0 Å². The Bertz CT molecular complexity index is 219. The summed E-state index contributed by atoms with van der Waals surface area (Å²) < 4.78 is 0. The maximum Gasteiger partial charge on any atom is 0.0169 e. The molecule has 1 heterocycles. The summed E-state index contributed by atoms with van der Waals surface area (Å²) in [6.45, 7) is 11.1. The van der Waals surface area contributed by atoms with Gasteiger partial charge < -0.3 is 10.2 Å². The number of hydrogen-bond acceptors (Lipinski definition) is 2. The van der Waals surface area contributed by atoms with Gasteiger partial charge >= 0.3 is 0 Å². The lowest BCUT2D eigenvalue weighted by Crippen LogP contribution is -2.47. The van der Waals surface area contributed by atoms with Crippen LogP contribution in [0.3, 0.4) is 0 Å². The van der Waals surface area contributed by atoms with Crippen LogP contribution in [0.15, 0.2) is 0 Å². The van der Waals surface area contributed by atoms with E-state index in [1.165, 1.54) is 51.7 Å². The summed E-state index contributed by atoms with van der Waals surface area (Å²) in [6.07, 6.45) is 6.98. The normalized spacial score (nSPS) is 32.1. The van der Waals surface area contributed by atoms with Gasteiger partial charge in [0.25, 0.3) is 0 Å². The fraction of sp³-hybridized carbons (Fsp3) is 1.00. The van der Waals surface area contributed by atoms with Crippen LogP contribution >= 0.6 is 0 Å². The molecule has 1 aliphatic heterocycles. The first-order valence-corrected chi connectivity index (χ1v) is 7.06. The summed E-state index contributed by atoms with van der Waals surface area (Å²) in [5.74, 6) is 0. The Morgan fingerprint density at radius 1 is 1.25 bits per heavy atom. The standard InChI is InChI=1S/C14H28N2/c1-12(11-16-9-4-5-10-16)15-13-7-6-8-14(13,2)3/h12-13,15H,4-11H2,1-3H3. The van der Waals surface area contributed by atoms with Gasteiger partial charge in [-0.1, -0.05) is 20.3 Å². The summed E-state index contributed by atoms with van der Waals surface area (Å²) in [6, 6.07) is 1.39. The van der Waals surface area contributed by atoms with Gasteiger partial charge in [0.15, 0.2) is 0 Å². The van der Waals surface area contributed by atoms with Crippen molar-refractivity contribution >= 4 is 0 Å². The zero-order valence-corrected chi connectivity index (χ0v) is 11.3. The molecule has 0 spiro atoms. The van der Waals surface area contributed by atoms with Gasteiger partial charge in [-0.2, -0.15) is 0 Å². The van der Waals surface area contributed by atoms with Crippen LogP contribution in [0.1, 0.15) is 52.9 Å². The van der Waals surface area contributed by atoms with Crippen molar-refractivity contribution in [1.82, 2.24) is 10.2 Å². The molecule has 2 rings (SSSR count). The van der Waals surface area contributed by atoms with E-state index in [-0.39, 0.29) is 0 Å². The van der Waals surface area contributed by atoms with Crippen LogP contribution in [0.4, 0.5) is 0 Å². The van der Waals surface area contributed by atoms with E-state index in [2.05, 4.69) is 31.0 Å². The zero-order chi connectivity index (χ0) is 11.6. The average Bonchev–Trinajstić information content (AvgIpc) is 2.78. The molecule has 2 fully saturated rings. The Hall–Kier alpha value is -0.0800. The van der Waals surface area contributed by atoms with Crippen LogP contribution in [0.5, 0.6) is 0 Å². The van der Waals surface area contributed by atoms with Crippen molar-refractivity contribution in [2.75, 3.05) is 19.6 Å². The maximum atomic E-state index is 3.85. The summed E-state index contributed by atoms with van der Waals surface area (Å²) >= 11 is 0. The second kappa shape index (κ2) is 5.05. The molecular weight excluding hydrogens is 196 g/mol. The van der Waals surface area contributed by atoms with Gasteiger partial charge in [-0.05, 0) is 51.1 Å². The summed E-state index contributed by atoms with van der Waals surface area (Å²) in [5.41, 5.74) is 0.513. The van der Waals surface area contributed by atoms with Crippen LogP contribution in [-0.4, -0.2) is 36.6 Å². The highest BCUT2D eigenvalue weighted by Crippen LogP contribution is 2.37. The largest absolute Gasteiger partial charge is 0.310 e. The van der Waals surface area contributed by atoms with E-state index < -0.39 is 0 Å². The highest BCUT2D eigenvalue weighted by molar-refractivity contribution is 4.91. The van der Waals surface area contributed by atoms with Crippen LogP contribution < -0.4 is 5.32 Å². The summed E-state index contributed by atoms with van der Waals surface area (Å²) in [5, 5.41) is 3.85. The molecule has 1 aliphatic carbocycles. The van der Waals surface area contributed by atoms with Crippen molar-refractivity contribution < 1.29 is 0 Å². The van der Waals surface area contributed by atoms with E-state index in [0.717, 1.165) is 6.04 Å². The van der Waals surface area contributed by atoms with Crippen LogP contribution in [-0.2, 0) is 0 Å². The SMILES string of the molecule is CC(CN1CCCC1)NC1CCCC1(C)C. The lowest BCUT2D eigenvalue weighted by molar-refractivity contribution is 0.231. The molecule has 2 nitrogen and oxygen atoms in total. The molecule has 2 heteroatoms. The Kier molecular flexibility index (Phi) is 3.91. The highest BCUT2D eigenvalue weighted by Gasteiger charge is 2.34. The Morgan fingerprint density at radius 2 is 1.94 bits per heavy atom. The van der Waals surface area contributed by atoms with Gasteiger partial charge in [-0.25, -0.2) is 0 Å². The molecule has 2 atom stereocenters. The van der Waals surface area contributed by atoms with E-state index in [1.807, 2.05) is 0 Å². The van der Waals surface area contributed by atoms with Gasteiger partial charge in [0.1, 0.15) is 0 Å². The molecule has 0 radical (unpaired) electrons. The third-order valence-electron chi connectivity index (χ3n) is 4.47. The molecular formula is C14H28N2. The zero-order valence-electron chi connectivity index (χ0n) is 11.3. The number of nitrogens with one attached hydrogen (secondary N) is 1. The minimum atomic E-state index is 0.513.